The van der Waals surface area contributed by atoms with Crippen LogP contribution in [0.3, 0.4) is 0 Å². The summed E-state index contributed by atoms with van der Waals surface area (Å²) in [7, 11) is 0. The van der Waals surface area contributed by atoms with E-state index in [9.17, 15) is 14.9 Å². The molecule has 152 valence electrons. The van der Waals surface area contributed by atoms with Gasteiger partial charge in [-0.2, -0.15) is 5.10 Å². The van der Waals surface area contributed by atoms with Crippen molar-refractivity contribution in [2.75, 3.05) is 23.7 Å². The Kier molecular flexibility index (Phi) is 7.12. The third-order valence-electron chi connectivity index (χ3n) is 4.32. The Morgan fingerprint density at radius 2 is 2.10 bits per heavy atom. The SMILES string of the molecule is Cc1cc(N2CCCCC2)nc(SCC(=O)N/N=C\c2cccc([N+](=O)[O-])c2)n1. The summed E-state index contributed by atoms with van der Waals surface area (Å²) in [6, 6.07) is 7.98. The molecule has 3 rings (SSSR count). The molecular formula is C19H22N6O3S. The van der Waals surface area contributed by atoms with Crippen molar-refractivity contribution in [1.29, 1.82) is 0 Å². The van der Waals surface area contributed by atoms with Crippen LogP contribution >= 0.6 is 11.8 Å². The first-order valence-corrected chi connectivity index (χ1v) is 10.3. The van der Waals surface area contributed by atoms with E-state index in [1.165, 1.54) is 36.5 Å². The number of aromatic nitrogens is 2. The molecule has 0 unspecified atom stereocenters. The van der Waals surface area contributed by atoms with E-state index in [1.54, 1.807) is 12.1 Å². The second-order valence-electron chi connectivity index (χ2n) is 6.63. The summed E-state index contributed by atoms with van der Waals surface area (Å²) < 4.78 is 0. The highest BCUT2D eigenvalue weighted by Gasteiger charge is 2.14. The van der Waals surface area contributed by atoms with Gasteiger partial charge in [0.2, 0.25) is 0 Å². The first-order chi connectivity index (χ1) is 14.0. The van der Waals surface area contributed by atoms with Crippen LogP contribution in [0.4, 0.5) is 11.5 Å². The number of amides is 1. The van der Waals surface area contributed by atoms with Gasteiger partial charge in [0.25, 0.3) is 11.6 Å². The summed E-state index contributed by atoms with van der Waals surface area (Å²) in [6.07, 6.45) is 4.94. The van der Waals surface area contributed by atoms with Gasteiger partial charge < -0.3 is 4.90 Å². The average Bonchev–Trinajstić information content (AvgIpc) is 2.73. The van der Waals surface area contributed by atoms with Gasteiger partial charge in [-0.3, -0.25) is 14.9 Å². The monoisotopic (exact) mass is 414 g/mol. The molecule has 1 aromatic heterocycles. The summed E-state index contributed by atoms with van der Waals surface area (Å²) in [6.45, 7) is 3.91. The van der Waals surface area contributed by atoms with E-state index in [1.807, 2.05) is 13.0 Å². The zero-order valence-corrected chi connectivity index (χ0v) is 16.9. The Morgan fingerprint density at radius 3 is 2.86 bits per heavy atom. The van der Waals surface area contributed by atoms with E-state index in [-0.39, 0.29) is 17.3 Å². The second-order valence-corrected chi connectivity index (χ2v) is 7.57. The lowest BCUT2D eigenvalue weighted by Gasteiger charge is -2.28. The van der Waals surface area contributed by atoms with Gasteiger partial charge in [0.05, 0.1) is 16.9 Å². The minimum atomic E-state index is -0.480. The number of nitrogens with one attached hydrogen (secondary N) is 1. The number of hydrogen-bond acceptors (Lipinski definition) is 8. The number of carbonyl (C=O) groups is 1. The molecule has 0 atom stereocenters. The number of thioether (sulfide) groups is 1. The topological polar surface area (TPSA) is 114 Å². The second kappa shape index (κ2) is 9.97. The van der Waals surface area contributed by atoms with Crippen molar-refractivity contribution in [3.05, 3.63) is 51.7 Å². The molecule has 10 heteroatoms. The number of rotatable bonds is 7. The average molecular weight is 414 g/mol. The molecule has 1 saturated heterocycles. The highest BCUT2D eigenvalue weighted by molar-refractivity contribution is 7.99. The molecule has 1 fully saturated rings. The predicted molar refractivity (Wildman–Crippen MR) is 112 cm³/mol. The third-order valence-corrected chi connectivity index (χ3v) is 5.16. The van der Waals surface area contributed by atoms with E-state index in [0.29, 0.717) is 10.7 Å². The smallest absolute Gasteiger partial charge is 0.270 e. The fraction of sp³-hybridized carbons (Fsp3) is 0.368. The van der Waals surface area contributed by atoms with Gasteiger partial charge in [-0.25, -0.2) is 15.4 Å². The van der Waals surface area contributed by atoms with Gasteiger partial charge in [0.15, 0.2) is 5.16 Å². The van der Waals surface area contributed by atoms with Gasteiger partial charge in [-0.1, -0.05) is 23.9 Å². The molecule has 1 aliphatic heterocycles. The van der Waals surface area contributed by atoms with Crippen LogP contribution in [0, 0.1) is 17.0 Å². The molecule has 0 aliphatic carbocycles. The summed E-state index contributed by atoms with van der Waals surface area (Å²) in [4.78, 5) is 33.6. The Balaban J connectivity index is 1.53. The number of non-ortho nitro benzene ring substituents is 1. The first-order valence-electron chi connectivity index (χ1n) is 9.31. The maximum Gasteiger partial charge on any atom is 0.270 e. The van der Waals surface area contributed by atoms with Crippen molar-refractivity contribution in [1.82, 2.24) is 15.4 Å². The molecule has 29 heavy (non-hydrogen) atoms. The zero-order chi connectivity index (χ0) is 20.6. The third kappa shape index (κ3) is 6.24. The molecule has 1 aromatic carbocycles. The van der Waals surface area contributed by atoms with Crippen LogP contribution in [0.15, 0.2) is 40.6 Å². The fourth-order valence-corrected chi connectivity index (χ4v) is 3.63. The largest absolute Gasteiger partial charge is 0.356 e. The number of hydrogen-bond donors (Lipinski definition) is 1. The normalized spacial score (nSPS) is 14.2. The van der Waals surface area contributed by atoms with Crippen molar-refractivity contribution >= 4 is 35.4 Å². The quantitative estimate of drug-likeness (QED) is 0.244. The first kappa shape index (κ1) is 20.7. The summed E-state index contributed by atoms with van der Waals surface area (Å²) in [5, 5.41) is 15.2. The highest BCUT2D eigenvalue weighted by Crippen LogP contribution is 2.22. The van der Waals surface area contributed by atoms with Crippen molar-refractivity contribution in [3.8, 4) is 0 Å². The van der Waals surface area contributed by atoms with Crippen LogP contribution in [-0.4, -0.2) is 45.9 Å². The zero-order valence-electron chi connectivity index (χ0n) is 16.1. The molecule has 0 spiro atoms. The molecule has 0 radical (unpaired) electrons. The number of nitrogens with zero attached hydrogens (tertiary/aromatic N) is 5. The Morgan fingerprint density at radius 1 is 1.31 bits per heavy atom. The molecule has 9 nitrogen and oxygen atoms in total. The van der Waals surface area contributed by atoms with Crippen LogP contribution in [0.5, 0.6) is 0 Å². The lowest BCUT2D eigenvalue weighted by Crippen LogP contribution is -2.30. The van der Waals surface area contributed by atoms with E-state index in [2.05, 4.69) is 25.4 Å². The lowest BCUT2D eigenvalue weighted by atomic mass is 10.1. The molecule has 0 saturated carbocycles. The summed E-state index contributed by atoms with van der Waals surface area (Å²) in [5.41, 5.74) is 3.78. The number of anilines is 1. The van der Waals surface area contributed by atoms with E-state index in [4.69, 9.17) is 0 Å². The molecule has 2 aromatic rings. The highest BCUT2D eigenvalue weighted by atomic mass is 32.2. The minimum absolute atomic E-state index is 0.0306. The van der Waals surface area contributed by atoms with E-state index in [0.717, 1.165) is 37.4 Å². The van der Waals surface area contributed by atoms with Crippen molar-refractivity contribution in [2.45, 2.75) is 31.3 Å². The van der Waals surface area contributed by atoms with Crippen LogP contribution < -0.4 is 10.3 Å². The van der Waals surface area contributed by atoms with Crippen LogP contribution in [0.25, 0.3) is 0 Å². The number of nitro benzene ring substituents is 1. The summed E-state index contributed by atoms with van der Waals surface area (Å²) in [5.74, 6) is 0.722. The molecule has 0 bridgehead atoms. The number of piperidine rings is 1. The van der Waals surface area contributed by atoms with Gasteiger partial charge in [-0.05, 0) is 26.2 Å². The molecule has 1 N–H and O–H groups in total. The van der Waals surface area contributed by atoms with Crippen LogP contribution in [0.1, 0.15) is 30.5 Å². The Hall–Kier alpha value is -3.01. The molecule has 1 aliphatic rings. The maximum absolute atomic E-state index is 12.0. The van der Waals surface area contributed by atoms with Gasteiger partial charge in [0, 0.05) is 42.5 Å². The molecule has 2 heterocycles. The number of nitro groups is 1. The Labute approximate surface area is 172 Å². The number of benzene rings is 1. The number of carbonyl (C=O) groups excluding carboxylic acids is 1. The van der Waals surface area contributed by atoms with Crippen molar-refractivity contribution in [2.24, 2.45) is 5.10 Å². The Bertz CT molecular complexity index is 915. The van der Waals surface area contributed by atoms with E-state index < -0.39 is 4.92 Å². The number of aryl methyl sites for hydroxylation is 1. The van der Waals surface area contributed by atoms with Gasteiger partial charge in [-0.15, -0.1) is 0 Å². The van der Waals surface area contributed by atoms with Gasteiger partial charge >= 0.3 is 0 Å². The standard InChI is InChI=1S/C19H22N6O3S/c1-14-10-17(24-8-3-2-4-9-24)22-19(21-14)29-13-18(26)23-20-12-15-6-5-7-16(11-15)25(27)28/h5-7,10-12H,2-4,8-9,13H2,1H3,(H,23,26)/b20-12-. The molecule has 1 amide bonds. The fourth-order valence-electron chi connectivity index (χ4n) is 2.93. The van der Waals surface area contributed by atoms with E-state index >= 15 is 0 Å². The van der Waals surface area contributed by atoms with Crippen molar-refractivity contribution < 1.29 is 9.72 Å². The minimum Gasteiger partial charge on any atom is -0.356 e. The van der Waals surface area contributed by atoms with Gasteiger partial charge in [0.1, 0.15) is 5.82 Å². The molecular weight excluding hydrogens is 392 g/mol. The maximum atomic E-state index is 12.0. The van der Waals surface area contributed by atoms with Crippen molar-refractivity contribution in [3.63, 3.8) is 0 Å². The predicted octanol–water partition coefficient (Wildman–Crippen LogP) is 2.93. The summed E-state index contributed by atoms with van der Waals surface area (Å²) >= 11 is 1.25. The van der Waals surface area contributed by atoms with Crippen LogP contribution in [-0.2, 0) is 4.79 Å². The number of hydrazone groups is 1. The lowest BCUT2D eigenvalue weighted by molar-refractivity contribution is -0.384. The van der Waals surface area contributed by atoms with Crippen LogP contribution in [0.2, 0.25) is 0 Å².